The Morgan fingerprint density at radius 3 is 2.54 bits per heavy atom. The Bertz CT molecular complexity index is 829. The molecule has 0 radical (unpaired) electrons. The number of aliphatic hydroxyl groups excluding tert-OH is 1. The van der Waals surface area contributed by atoms with Gasteiger partial charge in [0.2, 0.25) is 0 Å². The average molecular weight is 342 g/mol. The third-order valence-electron chi connectivity index (χ3n) is 3.68. The van der Waals surface area contributed by atoms with Gasteiger partial charge in [-0.15, -0.1) is 0 Å². The predicted octanol–water partition coefficient (Wildman–Crippen LogP) is 4.06. The second kappa shape index (κ2) is 7.34. The molecule has 0 saturated carbocycles. The van der Waals surface area contributed by atoms with Crippen LogP contribution >= 0.6 is 11.6 Å². The molecule has 4 nitrogen and oxygen atoms in total. The van der Waals surface area contributed by atoms with E-state index in [9.17, 15) is 9.90 Å². The summed E-state index contributed by atoms with van der Waals surface area (Å²) in [5.41, 5.74) is 2.17. The molecule has 0 fully saturated rings. The molecule has 0 saturated heterocycles. The minimum atomic E-state index is -0.891. The fourth-order valence-electron chi connectivity index (χ4n) is 2.46. The van der Waals surface area contributed by atoms with E-state index in [2.05, 4.69) is 5.32 Å². The van der Waals surface area contributed by atoms with Gasteiger partial charge in [0.1, 0.15) is 0 Å². The van der Waals surface area contributed by atoms with E-state index in [0.717, 1.165) is 5.56 Å². The highest BCUT2D eigenvalue weighted by molar-refractivity contribution is 6.31. The number of furan rings is 1. The molecule has 3 aromatic rings. The van der Waals surface area contributed by atoms with Gasteiger partial charge in [0.25, 0.3) is 5.91 Å². The standard InChI is InChI=1S/C19H16ClNO3/c20-16-9-5-4-8-15(16)17(22)12-21-19(23)18-14(10-11-24-18)13-6-2-1-3-7-13/h1-11,17,22H,12H2,(H,21,23). The Kier molecular flexibility index (Phi) is 4.99. The molecule has 1 atom stereocenters. The quantitative estimate of drug-likeness (QED) is 0.735. The summed E-state index contributed by atoms with van der Waals surface area (Å²) < 4.78 is 5.32. The summed E-state index contributed by atoms with van der Waals surface area (Å²) >= 11 is 6.05. The Morgan fingerprint density at radius 2 is 1.79 bits per heavy atom. The first kappa shape index (κ1) is 16.3. The Morgan fingerprint density at radius 1 is 1.08 bits per heavy atom. The van der Waals surface area contributed by atoms with Gasteiger partial charge in [-0.3, -0.25) is 4.79 Å². The van der Waals surface area contributed by atoms with Crippen LogP contribution in [0.5, 0.6) is 0 Å². The Hall–Kier alpha value is -2.56. The number of halogens is 1. The zero-order chi connectivity index (χ0) is 16.9. The van der Waals surface area contributed by atoms with E-state index in [1.165, 1.54) is 6.26 Å². The first-order valence-electron chi connectivity index (χ1n) is 7.50. The SMILES string of the molecule is O=C(NCC(O)c1ccccc1Cl)c1occc1-c1ccccc1. The second-order valence-electron chi connectivity index (χ2n) is 5.28. The van der Waals surface area contributed by atoms with Gasteiger partial charge in [0.05, 0.1) is 12.4 Å². The molecule has 2 aromatic carbocycles. The van der Waals surface area contributed by atoms with Crippen LogP contribution in [-0.4, -0.2) is 17.6 Å². The van der Waals surface area contributed by atoms with Crippen LogP contribution < -0.4 is 5.32 Å². The van der Waals surface area contributed by atoms with Gasteiger partial charge >= 0.3 is 0 Å². The number of hydrogen-bond acceptors (Lipinski definition) is 3. The number of benzene rings is 2. The van der Waals surface area contributed by atoms with Crippen molar-refractivity contribution in [3.8, 4) is 11.1 Å². The molecule has 0 aliphatic rings. The lowest BCUT2D eigenvalue weighted by Gasteiger charge is -2.13. The van der Waals surface area contributed by atoms with Gasteiger partial charge in [-0.25, -0.2) is 0 Å². The van der Waals surface area contributed by atoms with E-state index < -0.39 is 6.10 Å². The predicted molar refractivity (Wildman–Crippen MR) is 92.9 cm³/mol. The first-order chi connectivity index (χ1) is 11.7. The third kappa shape index (κ3) is 3.50. The van der Waals surface area contributed by atoms with Crippen LogP contribution in [-0.2, 0) is 0 Å². The van der Waals surface area contributed by atoms with Crippen molar-refractivity contribution in [2.24, 2.45) is 0 Å². The second-order valence-corrected chi connectivity index (χ2v) is 5.68. The fourth-order valence-corrected chi connectivity index (χ4v) is 2.72. The summed E-state index contributed by atoms with van der Waals surface area (Å²) in [7, 11) is 0. The lowest BCUT2D eigenvalue weighted by atomic mass is 10.1. The van der Waals surface area contributed by atoms with Crippen molar-refractivity contribution in [2.75, 3.05) is 6.54 Å². The minimum Gasteiger partial charge on any atom is -0.459 e. The number of nitrogens with one attached hydrogen (secondary N) is 1. The molecule has 3 rings (SSSR count). The van der Waals surface area contributed by atoms with Gasteiger partial charge in [-0.2, -0.15) is 0 Å². The molecule has 24 heavy (non-hydrogen) atoms. The number of rotatable bonds is 5. The van der Waals surface area contributed by atoms with Crippen LogP contribution in [0.25, 0.3) is 11.1 Å². The Balaban J connectivity index is 1.71. The summed E-state index contributed by atoms with van der Waals surface area (Å²) in [5.74, 6) is -0.169. The van der Waals surface area contributed by atoms with Crippen molar-refractivity contribution in [3.63, 3.8) is 0 Å². The van der Waals surface area contributed by atoms with Crippen LogP contribution in [0.4, 0.5) is 0 Å². The van der Waals surface area contributed by atoms with Gasteiger partial charge in [-0.1, -0.05) is 60.1 Å². The van der Waals surface area contributed by atoms with Crippen LogP contribution in [0.3, 0.4) is 0 Å². The molecule has 1 heterocycles. The maximum absolute atomic E-state index is 12.4. The van der Waals surface area contributed by atoms with Gasteiger partial charge < -0.3 is 14.8 Å². The van der Waals surface area contributed by atoms with Gasteiger partial charge in [0.15, 0.2) is 5.76 Å². The van der Waals surface area contributed by atoms with Crippen LogP contribution in [0.2, 0.25) is 5.02 Å². The van der Waals surface area contributed by atoms with E-state index in [0.29, 0.717) is 16.1 Å². The maximum Gasteiger partial charge on any atom is 0.287 e. The van der Waals surface area contributed by atoms with Crippen molar-refractivity contribution in [1.29, 1.82) is 0 Å². The summed E-state index contributed by atoms with van der Waals surface area (Å²) in [6.45, 7) is 0.0392. The van der Waals surface area contributed by atoms with Crippen molar-refractivity contribution >= 4 is 17.5 Å². The highest BCUT2D eigenvalue weighted by Gasteiger charge is 2.18. The molecular formula is C19H16ClNO3. The van der Waals surface area contributed by atoms with Crippen LogP contribution in [0.1, 0.15) is 22.2 Å². The van der Waals surface area contributed by atoms with Crippen molar-refractivity contribution in [1.82, 2.24) is 5.32 Å². The summed E-state index contributed by atoms with van der Waals surface area (Å²) in [6, 6.07) is 18.2. The van der Waals surface area contributed by atoms with E-state index in [1.807, 2.05) is 30.3 Å². The highest BCUT2D eigenvalue weighted by atomic mass is 35.5. The molecule has 2 N–H and O–H groups in total. The van der Waals surface area contributed by atoms with E-state index in [1.54, 1.807) is 30.3 Å². The fraction of sp³-hybridized carbons (Fsp3) is 0.105. The maximum atomic E-state index is 12.4. The zero-order valence-electron chi connectivity index (χ0n) is 12.8. The molecular weight excluding hydrogens is 326 g/mol. The molecule has 122 valence electrons. The van der Waals surface area contributed by atoms with Crippen LogP contribution in [0, 0.1) is 0 Å². The number of amides is 1. The molecule has 0 aliphatic heterocycles. The third-order valence-corrected chi connectivity index (χ3v) is 4.02. The lowest BCUT2D eigenvalue weighted by Crippen LogP contribution is -2.28. The van der Waals surface area contributed by atoms with Gasteiger partial charge in [0, 0.05) is 22.7 Å². The van der Waals surface area contributed by atoms with Gasteiger partial charge in [-0.05, 0) is 17.7 Å². The number of hydrogen-bond donors (Lipinski definition) is 2. The topological polar surface area (TPSA) is 62.5 Å². The van der Waals surface area contributed by atoms with Crippen LogP contribution in [0.15, 0.2) is 71.3 Å². The number of carbonyl (C=O) groups is 1. The van der Waals surface area contributed by atoms with E-state index in [-0.39, 0.29) is 18.2 Å². The summed E-state index contributed by atoms with van der Waals surface area (Å²) in [5, 5.41) is 13.3. The monoisotopic (exact) mass is 341 g/mol. The largest absolute Gasteiger partial charge is 0.459 e. The summed E-state index contributed by atoms with van der Waals surface area (Å²) in [6.07, 6.45) is 0.583. The molecule has 0 bridgehead atoms. The number of aliphatic hydroxyl groups is 1. The molecule has 1 aromatic heterocycles. The normalized spacial score (nSPS) is 11.9. The summed E-state index contributed by atoms with van der Waals surface area (Å²) in [4.78, 5) is 12.4. The minimum absolute atomic E-state index is 0.0392. The van der Waals surface area contributed by atoms with Crippen molar-refractivity contribution in [2.45, 2.75) is 6.10 Å². The molecule has 5 heteroatoms. The zero-order valence-corrected chi connectivity index (χ0v) is 13.5. The molecule has 0 spiro atoms. The Labute approximate surface area is 144 Å². The smallest absolute Gasteiger partial charge is 0.287 e. The van der Waals surface area contributed by atoms with E-state index in [4.69, 9.17) is 16.0 Å². The molecule has 0 aliphatic carbocycles. The molecule has 1 amide bonds. The van der Waals surface area contributed by atoms with E-state index >= 15 is 0 Å². The highest BCUT2D eigenvalue weighted by Crippen LogP contribution is 2.25. The lowest BCUT2D eigenvalue weighted by molar-refractivity contribution is 0.0890. The first-order valence-corrected chi connectivity index (χ1v) is 7.88. The van der Waals surface area contributed by atoms with Crippen molar-refractivity contribution < 1.29 is 14.3 Å². The average Bonchev–Trinajstić information content (AvgIpc) is 3.10. The number of carbonyl (C=O) groups excluding carboxylic acids is 1. The van der Waals surface area contributed by atoms with Crippen molar-refractivity contribution in [3.05, 3.63) is 83.3 Å². The molecule has 1 unspecified atom stereocenters.